The molecule has 1 fully saturated rings. The van der Waals surface area contributed by atoms with E-state index >= 15 is 0 Å². The number of carbonyl (C=O) groups excluding carboxylic acids is 1. The number of hydrogen-bond donors (Lipinski definition) is 1. The van der Waals surface area contributed by atoms with Gasteiger partial charge in [0.15, 0.2) is 11.6 Å². The summed E-state index contributed by atoms with van der Waals surface area (Å²) in [6.07, 6.45) is 3.81. The van der Waals surface area contributed by atoms with Crippen molar-refractivity contribution < 1.29 is 22.0 Å². The molecule has 0 radical (unpaired) electrons. The Morgan fingerprint density at radius 2 is 1.74 bits per heavy atom. The van der Waals surface area contributed by atoms with Crippen LogP contribution in [0, 0.1) is 17.6 Å². The van der Waals surface area contributed by atoms with Crippen LogP contribution in [-0.2, 0) is 27.7 Å². The molecule has 4 rings (SSSR count). The minimum Gasteiger partial charge on any atom is -0.349 e. The second kappa shape index (κ2) is 8.67. The number of carbonyl (C=O) groups is 1. The van der Waals surface area contributed by atoms with Gasteiger partial charge in [0, 0.05) is 19.0 Å². The maximum Gasteiger partial charge on any atom is 0.243 e. The van der Waals surface area contributed by atoms with Gasteiger partial charge in [-0.05, 0) is 80.0 Å². The molecule has 31 heavy (non-hydrogen) atoms. The van der Waals surface area contributed by atoms with Crippen LogP contribution in [0.1, 0.15) is 48.9 Å². The first kappa shape index (κ1) is 21.9. The number of halogens is 2. The highest BCUT2D eigenvalue weighted by atomic mass is 32.2. The van der Waals surface area contributed by atoms with Crippen LogP contribution in [0.2, 0.25) is 0 Å². The Bertz CT molecular complexity index is 1100. The van der Waals surface area contributed by atoms with Gasteiger partial charge in [0.1, 0.15) is 0 Å². The van der Waals surface area contributed by atoms with E-state index < -0.39 is 27.7 Å². The highest BCUT2D eigenvalue weighted by Crippen LogP contribution is 2.29. The van der Waals surface area contributed by atoms with E-state index in [2.05, 4.69) is 5.32 Å². The molecule has 0 aromatic heterocycles. The van der Waals surface area contributed by atoms with Gasteiger partial charge in [0.05, 0.1) is 10.9 Å². The standard InChI is InChI=1S/C23H26F2N2O3S/c1-15(18-6-8-21(24)22(25)14-18)26-23(28)17-9-11-27(12-10-17)31(29,30)20-7-5-16-3-2-4-19(16)13-20/h5-8,13-15,17H,2-4,9-12H2,1H3,(H,26,28)/t15-/m0/s1. The minimum absolute atomic E-state index is 0.202. The van der Waals surface area contributed by atoms with Crippen LogP contribution in [-0.4, -0.2) is 31.7 Å². The lowest BCUT2D eigenvalue weighted by molar-refractivity contribution is -0.126. The quantitative estimate of drug-likeness (QED) is 0.758. The van der Waals surface area contributed by atoms with Gasteiger partial charge in [-0.15, -0.1) is 0 Å². The first-order chi connectivity index (χ1) is 14.8. The summed E-state index contributed by atoms with van der Waals surface area (Å²) >= 11 is 0. The van der Waals surface area contributed by atoms with Crippen molar-refractivity contribution in [3.63, 3.8) is 0 Å². The van der Waals surface area contributed by atoms with E-state index in [-0.39, 0.29) is 24.9 Å². The van der Waals surface area contributed by atoms with Crippen molar-refractivity contribution in [1.29, 1.82) is 0 Å². The molecule has 0 unspecified atom stereocenters. The van der Waals surface area contributed by atoms with Gasteiger partial charge in [-0.3, -0.25) is 4.79 Å². The van der Waals surface area contributed by atoms with Crippen molar-refractivity contribution in [3.05, 3.63) is 64.7 Å². The van der Waals surface area contributed by atoms with Gasteiger partial charge >= 0.3 is 0 Å². The molecule has 1 saturated heterocycles. The van der Waals surface area contributed by atoms with E-state index in [0.29, 0.717) is 23.3 Å². The van der Waals surface area contributed by atoms with Gasteiger partial charge in [0.25, 0.3) is 0 Å². The fourth-order valence-electron chi connectivity index (χ4n) is 4.41. The lowest BCUT2D eigenvalue weighted by atomic mass is 9.96. The number of sulfonamides is 1. The smallest absolute Gasteiger partial charge is 0.243 e. The molecule has 0 spiro atoms. The summed E-state index contributed by atoms with van der Waals surface area (Å²) in [6, 6.07) is 8.46. The van der Waals surface area contributed by atoms with Crippen molar-refractivity contribution in [1.82, 2.24) is 9.62 Å². The van der Waals surface area contributed by atoms with Crippen LogP contribution in [0.5, 0.6) is 0 Å². The summed E-state index contributed by atoms with van der Waals surface area (Å²) in [5.74, 6) is -2.41. The fourth-order valence-corrected chi connectivity index (χ4v) is 5.93. The van der Waals surface area contributed by atoms with Crippen LogP contribution >= 0.6 is 0 Å². The Hall–Kier alpha value is -2.32. The number of nitrogens with zero attached hydrogens (tertiary/aromatic N) is 1. The molecule has 0 saturated carbocycles. The number of aryl methyl sites for hydroxylation is 2. The van der Waals surface area contributed by atoms with Crippen molar-refractivity contribution in [2.45, 2.75) is 50.0 Å². The van der Waals surface area contributed by atoms with E-state index in [1.54, 1.807) is 19.1 Å². The zero-order valence-corrected chi connectivity index (χ0v) is 18.2. The topological polar surface area (TPSA) is 66.5 Å². The molecule has 2 aromatic carbocycles. The highest BCUT2D eigenvalue weighted by molar-refractivity contribution is 7.89. The third-order valence-corrected chi connectivity index (χ3v) is 8.23. The SMILES string of the molecule is C[C@H](NC(=O)C1CCN(S(=O)(=O)c2ccc3c(c2)CCC3)CC1)c1ccc(F)c(F)c1. The second-order valence-corrected chi connectivity index (χ2v) is 10.3. The summed E-state index contributed by atoms with van der Waals surface area (Å²) in [5.41, 5.74) is 2.81. The van der Waals surface area contributed by atoms with E-state index in [4.69, 9.17) is 0 Å². The molecule has 0 bridgehead atoms. The van der Waals surface area contributed by atoms with Crippen LogP contribution in [0.4, 0.5) is 8.78 Å². The van der Waals surface area contributed by atoms with Gasteiger partial charge in [-0.2, -0.15) is 4.31 Å². The molecule has 1 amide bonds. The number of piperidine rings is 1. The summed E-state index contributed by atoms with van der Waals surface area (Å²) in [6.45, 7) is 2.26. The van der Waals surface area contributed by atoms with Crippen molar-refractivity contribution >= 4 is 15.9 Å². The largest absolute Gasteiger partial charge is 0.349 e. The predicted molar refractivity (Wildman–Crippen MR) is 113 cm³/mol. The zero-order chi connectivity index (χ0) is 22.2. The zero-order valence-electron chi connectivity index (χ0n) is 17.4. The van der Waals surface area contributed by atoms with Gasteiger partial charge in [0.2, 0.25) is 15.9 Å². The van der Waals surface area contributed by atoms with Crippen LogP contribution in [0.3, 0.4) is 0 Å². The third-order valence-electron chi connectivity index (χ3n) is 6.33. The summed E-state index contributed by atoms with van der Waals surface area (Å²) in [4.78, 5) is 13.0. The van der Waals surface area contributed by atoms with Crippen LogP contribution < -0.4 is 5.32 Å². The van der Waals surface area contributed by atoms with Crippen molar-refractivity contribution in [2.24, 2.45) is 5.92 Å². The number of amides is 1. The molecule has 8 heteroatoms. The van der Waals surface area contributed by atoms with Crippen LogP contribution in [0.25, 0.3) is 0 Å². The Morgan fingerprint density at radius 3 is 2.45 bits per heavy atom. The normalized spacial score (nSPS) is 18.5. The highest BCUT2D eigenvalue weighted by Gasteiger charge is 2.33. The molecule has 2 aliphatic rings. The average Bonchev–Trinajstić information content (AvgIpc) is 3.23. The Labute approximate surface area is 181 Å². The van der Waals surface area contributed by atoms with E-state index in [9.17, 15) is 22.0 Å². The Balaban J connectivity index is 1.36. The number of fused-ring (bicyclic) bond motifs is 1. The number of rotatable bonds is 5. The van der Waals surface area contributed by atoms with E-state index in [1.807, 2.05) is 6.07 Å². The monoisotopic (exact) mass is 448 g/mol. The summed E-state index contributed by atoms with van der Waals surface area (Å²) in [5, 5.41) is 2.83. The van der Waals surface area contributed by atoms with Gasteiger partial charge in [-0.25, -0.2) is 17.2 Å². The first-order valence-corrected chi connectivity index (χ1v) is 12.1. The molecule has 2 aromatic rings. The fraction of sp³-hybridized carbons (Fsp3) is 0.435. The molecule has 1 aliphatic carbocycles. The summed E-state index contributed by atoms with van der Waals surface area (Å²) < 4.78 is 54.1. The molecule has 1 heterocycles. The lowest BCUT2D eigenvalue weighted by Crippen LogP contribution is -2.43. The lowest BCUT2D eigenvalue weighted by Gasteiger charge is -2.31. The first-order valence-electron chi connectivity index (χ1n) is 10.6. The molecular weight excluding hydrogens is 422 g/mol. The van der Waals surface area contributed by atoms with Crippen LogP contribution in [0.15, 0.2) is 41.3 Å². The number of hydrogen-bond acceptors (Lipinski definition) is 3. The van der Waals surface area contributed by atoms with Gasteiger partial charge in [-0.1, -0.05) is 12.1 Å². The number of nitrogens with one attached hydrogen (secondary N) is 1. The number of benzene rings is 2. The average molecular weight is 449 g/mol. The van der Waals surface area contributed by atoms with E-state index in [1.165, 1.54) is 15.9 Å². The maximum atomic E-state index is 13.4. The Kier molecular flexibility index (Phi) is 6.12. The van der Waals surface area contributed by atoms with E-state index in [0.717, 1.165) is 37.0 Å². The maximum absolute atomic E-state index is 13.4. The second-order valence-electron chi connectivity index (χ2n) is 8.37. The van der Waals surface area contributed by atoms with Crippen molar-refractivity contribution in [3.8, 4) is 0 Å². The predicted octanol–water partition coefficient (Wildman–Crippen LogP) is 3.73. The molecule has 166 valence electrons. The summed E-state index contributed by atoms with van der Waals surface area (Å²) in [7, 11) is -3.58. The van der Waals surface area contributed by atoms with Crippen molar-refractivity contribution in [2.75, 3.05) is 13.1 Å². The van der Waals surface area contributed by atoms with Gasteiger partial charge < -0.3 is 5.32 Å². The third kappa shape index (κ3) is 4.50. The molecular formula is C23H26F2N2O3S. The molecule has 1 atom stereocenters. The molecule has 1 aliphatic heterocycles. The minimum atomic E-state index is -3.58. The molecule has 1 N–H and O–H groups in total. The molecule has 5 nitrogen and oxygen atoms in total. The Morgan fingerprint density at radius 1 is 1.03 bits per heavy atom.